The molecule has 0 unspecified atom stereocenters. The third kappa shape index (κ3) is 3.60. The maximum atomic E-state index is 12.8. The first-order chi connectivity index (χ1) is 12.7. The van der Waals surface area contributed by atoms with Crippen LogP contribution in [0, 0.1) is 0 Å². The fourth-order valence-corrected chi connectivity index (χ4v) is 5.05. The van der Waals surface area contributed by atoms with E-state index >= 15 is 0 Å². The number of nitrogens with zero attached hydrogens (tertiary/aromatic N) is 2. The molecular formula is C21H30N2O3. The zero-order valence-corrected chi connectivity index (χ0v) is 15.5. The van der Waals surface area contributed by atoms with Gasteiger partial charge in [-0.3, -0.25) is 9.69 Å². The number of likely N-dealkylation sites (tertiary alicyclic amines) is 2. The Bertz CT molecular complexity index is 627. The van der Waals surface area contributed by atoms with Crippen LogP contribution in [0.4, 0.5) is 0 Å². The number of hydrogen-bond donors (Lipinski definition) is 1. The molecule has 0 bridgehead atoms. The number of benzene rings is 1. The van der Waals surface area contributed by atoms with Crippen LogP contribution in [0.2, 0.25) is 0 Å². The van der Waals surface area contributed by atoms with Crippen molar-refractivity contribution in [2.45, 2.75) is 56.6 Å². The summed E-state index contributed by atoms with van der Waals surface area (Å²) in [5, 5.41) is 9.44. The van der Waals surface area contributed by atoms with E-state index in [0.29, 0.717) is 11.7 Å². The predicted octanol–water partition coefficient (Wildman–Crippen LogP) is 3.03. The van der Waals surface area contributed by atoms with Gasteiger partial charge in [-0.25, -0.2) is 0 Å². The number of phenolic OH excluding ortho intramolecular Hbond substituents is 1. The molecule has 26 heavy (non-hydrogen) atoms. The Labute approximate surface area is 155 Å². The Balaban J connectivity index is 1.41. The van der Waals surface area contributed by atoms with Crippen LogP contribution in [0.15, 0.2) is 24.3 Å². The van der Waals surface area contributed by atoms with Crippen LogP contribution in [0.5, 0.6) is 5.75 Å². The first-order valence-corrected chi connectivity index (χ1v) is 10.1. The molecule has 0 aliphatic carbocycles. The van der Waals surface area contributed by atoms with Crippen molar-refractivity contribution < 1.29 is 14.6 Å². The quantitative estimate of drug-likeness (QED) is 0.902. The second-order valence-corrected chi connectivity index (χ2v) is 8.10. The normalized spacial score (nSPS) is 30.0. The van der Waals surface area contributed by atoms with E-state index in [-0.39, 0.29) is 17.2 Å². The molecule has 2 atom stereocenters. The Morgan fingerprint density at radius 2 is 1.85 bits per heavy atom. The molecule has 3 fully saturated rings. The van der Waals surface area contributed by atoms with Crippen molar-refractivity contribution >= 4 is 5.91 Å². The Kier molecular flexibility index (Phi) is 5.18. The fraction of sp³-hybridized carbons (Fsp3) is 0.667. The summed E-state index contributed by atoms with van der Waals surface area (Å²) in [6.45, 7) is 4.80. The number of ether oxygens (including phenoxy) is 1. The van der Waals surface area contributed by atoms with Gasteiger partial charge < -0.3 is 14.7 Å². The smallest absolute Gasteiger partial charge is 0.253 e. The minimum Gasteiger partial charge on any atom is -0.508 e. The lowest BCUT2D eigenvalue weighted by atomic mass is 9.87. The van der Waals surface area contributed by atoms with Crippen LogP contribution in [0.3, 0.4) is 0 Å². The van der Waals surface area contributed by atoms with Crippen molar-refractivity contribution in [3.8, 4) is 5.75 Å². The van der Waals surface area contributed by atoms with Crippen LogP contribution in [-0.4, -0.2) is 65.2 Å². The lowest BCUT2D eigenvalue weighted by molar-refractivity contribution is 0.0339. The highest BCUT2D eigenvalue weighted by Gasteiger charge is 2.43. The van der Waals surface area contributed by atoms with Gasteiger partial charge in [0.1, 0.15) is 5.75 Å². The van der Waals surface area contributed by atoms with Gasteiger partial charge in [0, 0.05) is 37.3 Å². The van der Waals surface area contributed by atoms with E-state index in [1.54, 1.807) is 24.3 Å². The standard InChI is InChI=1S/C21H30N2O3/c24-18-7-5-17(6-8-18)20(25)22-12-2-9-21(11-14-22)10-3-13-23(21)16-19-4-1-15-26-19/h5-8,19,24H,1-4,9-16H2/t19-,21+/m1/s1. The van der Waals surface area contributed by atoms with Gasteiger partial charge in [0.2, 0.25) is 0 Å². The maximum absolute atomic E-state index is 12.8. The third-order valence-electron chi connectivity index (χ3n) is 6.51. The summed E-state index contributed by atoms with van der Waals surface area (Å²) in [6.07, 6.45) is 8.61. The van der Waals surface area contributed by atoms with Crippen LogP contribution in [0.25, 0.3) is 0 Å². The number of hydrogen-bond acceptors (Lipinski definition) is 4. The number of carbonyl (C=O) groups is 1. The highest BCUT2D eigenvalue weighted by Crippen LogP contribution is 2.39. The van der Waals surface area contributed by atoms with Gasteiger partial charge in [-0.1, -0.05) is 0 Å². The Morgan fingerprint density at radius 3 is 2.58 bits per heavy atom. The molecule has 4 rings (SSSR count). The summed E-state index contributed by atoms with van der Waals surface area (Å²) in [7, 11) is 0. The lowest BCUT2D eigenvalue weighted by Crippen LogP contribution is -2.47. The molecule has 0 saturated carbocycles. The highest BCUT2D eigenvalue weighted by molar-refractivity contribution is 5.94. The van der Waals surface area contributed by atoms with Crippen molar-refractivity contribution in [3.63, 3.8) is 0 Å². The van der Waals surface area contributed by atoms with E-state index in [9.17, 15) is 9.90 Å². The number of phenols is 1. The molecular weight excluding hydrogens is 328 g/mol. The van der Waals surface area contributed by atoms with Crippen LogP contribution in [0.1, 0.15) is 55.3 Å². The maximum Gasteiger partial charge on any atom is 0.253 e. The molecule has 0 aromatic heterocycles. The molecule has 1 N–H and O–H groups in total. The first kappa shape index (κ1) is 17.8. The zero-order valence-electron chi connectivity index (χ0n) is 15.5. The first-order valence-electron chi connectivity index (χ1n) is 10.1. The summed E-state index contributed by atoms with van der Waals surface area (Å²) in [5.74, 6) is 0.290. The summed E-state index contributed by atoms with van der Waals surface area (Å²) < 4.78 is 5.88. The summed E-state index contributed by atoms with van der Waals surface area (Å²) in [6, 6.07) is 6.62. The van der Waals surface area contributed by atoms with Crippen LogP contribution >= 0.6 is 0 Å². The van der Waals surface area contributed by atoms with E-state index in [1.165, 1.54) is 38.6 Å². The third-order valence-corrected chi connectivity index (χ3v) is 6.51. The number of aromatic hydroxyl groups is 1. The summed E-state index contributed by atoms with van der Waals surface area (Å²) >= 11 is 0. The van der Waals surface area contributed by atoms with Gasteiger partial charge >= 0.3 is 0 Å². The zero-order chi connectivity index (χ0) is 18.0. The average Bonchev–Trinajstić information content (AvgIpc) is 3.23. The molecule has 0 radical (unpaired) electrons. The predicted molar refractivity (Wildman–Crippen MR) is 100 cm³/mol. The second-order valence-electron chi connectivity index (χ2n) is 8.10. The van der Waals surface area contributed by atoms with E-state index in [0.717, 1.165) is 39.1 Å². The molecule has 142 valence electrons. The molecule has 5 nitrogen and oxygen atoms in total. The van der Waals surface area contributed by atoms with Crippen molar-refractivity contribution in [1.82, 2.24) is 9.80 Å². The Hall–Kier alpha value is -1.59. The highest BCUT2D eigenvalue weighted by atomic mass is 16.5. The minimum atomic E-state index is 0.0886. The lowest BCUT2D eigenvalue weighted by Gasteiger charge is -2.39. The summed E-state index contributed by atoms with van der Waals surface area (Å²) in [4.78, 5) is 17.5. The molecule has 1 aromatic rings. The van der Waals surface area contributed by atoms with Crippen LogP contribution < -0.4 is 0 Å². The molecule has 3 aliphatic heterocycles. The van der Waals surface area contributed by atoms with Crippen molar-refractivity contribution in [3.05, 3.63) is 29.8 Å². The average molecular weight is 358 g/mol. The topological polar surface area (TPSA) is 53.0 Å². The number of amides is 1. The van der Waals surface area contributed by atoms with Crippen molar-refractivity contribution in [2.75, 3.05) is 32.8 Å². The van der Waals surface area contributed by atoms with E-state index < -0.39 is 0 Å². The molecule has 1 aromatic carbocycles. The SMILES string of the molecule is O=C(c1ccc(O)cc1)N1CCC[C@]2(CCCN2C[C@H]2CCCO2)CC1. The van der Waals surface area contributed by atoms with Gasteiger partial charge in [-0.2, -0.15) is 0 Å². The number of carbonyl (C=O) groups excluding carboxylic acids is 1. The largest absolute Gasteiger partial charge is 0.508 e. The van der Waals surface area contributed by atoms with Gasteiger partial charge in [-0.05, 0) is 75.8 Å². The van der Waals surface area contributed by atoms with Gasteiger partial charge in [0.05, 0.1) is 6.10 Å². The minimum absolute atomic E-state index is 0.0886. The van der Waals surface area contributed by atoms with Crippen molar-refractivity contribution in [1.29, 1.82) is 0 Å². The van der Waals surface area contributed by atoms with Gasteiger partial charge in [0.15, 0.2) is 0 Å². The number of rotatable bonds is 3. The van der Waals surface area contributed by atoms with E-state index in [4.69, 9.17) is 4.74 Å². The molecule has 3 aliphatic rings. The second kappa shape index (κ2) is 7.57. The monoisotopic (exact) mass is 358 g/mol. The van der Waals surface area contributed by atoms with Crippen LogP contribution in [-0.2, 0) is 4.74 Å². The summed E-state index contributed by atoms with van der Waals surface area (Å²) in [5.41, 5.74) is 0.928. The van der Waals surface area contributed by atoms with E-state index in [1.807, 2.05) is 4.90 Å². The molecule has 1 spiro atoms. The van der Waals surface area contributed by atoms with Crippen molar-refractivity contribution in [2.24, 2.45) is 0 Å². The molecule has 5 heteroatoms. The van der Waals surface area contributed by atoms with Gasteiger partial charge in [0.25, 0.3) is 5.91 Å². The molecule has 1 amide bonds. The molecule has 3 heterocycles. The Morgan fingerprint density at radius 1 is 1.08 bits per heavy atom. The van der Waals surface area contributed by atoms with E-state index in [2.05, 4.69) is 4.90 Å². The molecule has 3 saturated heterocycles. The van der Waals surface area contributed by atoms with Gasteiger partial charge in [-0.15, -0.1) is 0 Å². The fourth-order valence-electron chi connectivity index (χ4n) is 5.05.